The van der Waals surface area contributed by atoms with Crippen molar-refractivity contribution in [3.05, 3.63) is 78.5 Å². The molecule has 2 aliphatic rings. The molecule has 9 heteroatoms. The van der Waals surface area contributed by atoms with Gasteiger partial charge in [-0.05, 0) is 61.3 Å². The maximum Gasteiger partial charge on any atom is 0.200 e. The lowest BCUT2D eigenvalue weighted by Crippen LogP contribution is -2.30. The molecule has 0 spiro atoms. The number of carbonyl (C=O) groups excluding carboxylic acids is 1. The van der Waals surface area contributed by atoms with Gasteiger partial charge in [0.25, 0.3) is 0 Å². The van der Waals surface area contributed by atoms with E-state index in [9.17, 15) is 9.90 Å². The summed E-state index contributed by atoms with van der Waals surface area (Å²) in [5, 5.41) is 16.7. The number of carboxylic acids is 1. The number of carbonyl (C=O) groups is 1. The molecule has 1 aromatic heterocycles. The Morgan fingerprint density at radius 1 is 0.810 bits per heavy atom. The lowest BCUT2D eigenvalue weighted by atomic mass is 9.87. The van der Waals surface area contributed by atoms with Crippen molar-refractivity contribution in [1.82, 2.24) is 4.58 Å². The summed E-state index contributed by atoms with van der Waals surface area (Å²) in [7, 11) is 4.00. The van der Waals surface area contributed by atoms with E-state index in [1.165, 1.54) is 11.3 Å². The van der Waals surface area contributed by atoms with Gasteiger partial charge in [-0.25, -0.2) is 4.58 Å². The van der Waals surface area contributed by atoms with Crippen molar-refractivity contribution in [2.75, 3.05) is 32.1 Å². The molecule has 5 nitrogen and oxygen atoms in total. The maximum absolute atomic E-state index is 12.7. The Balaban J connectivity index is 1.75. The van der Waals surface area contributed by atoms with E-state index in [-0.39, 0.29) is 31.2 Å². The first-order chi connectivity index (χ1) is 20.2. The van der Waals surface area contributed by atoms with Crippen molar-refractivity contribution in [3.63, 3.8) is 0 Å². The number of hydrogen-bond acceptors (Lipinski definition) is 4. The van der Waals surface area contributed by atoms with Crippen molar-refractivity contribution < 1.29 is 14.3 Å². The summed E-state index contributed by atoms with van der Waals surface area (Å²) in [5.41, 5.74) is 5.43. The van der Waals surface area contributed by atoms with E-state index in [2.05, 4.69) is 17.0 Å². The second-order valence-corrected chi connectivity index (χ2v) is 12.8. The van der Waals surface area contributed by atoms with Gasteiger partial charge in [0.1, 0.15) is 25.3 Å². The predicted molar refractivity (Wildman–Crippen MR) is 172 cm³/mol. The summed E-state index contributed by atoms with van der Waals surface area (Å²) in [6.07, 6.45) is 4.94. The van der Waals surface area contributed by atoms with Crippen molar-refractivity contribution in [2.24, 2.45) is 0 Å². The smallest absolute Gasteiger partial charge is 0.200 e. The standard InChI is InChI=1S/C33H26Cl4N2O3/c1-38(2)18-9-11-19-16(14-18)8-10-20-23(24-25(33(40)41)27(35)29(37)28(36)26(24)34)22-15-17-6-3-4-12-39-13-5-7-21(30(17)39)32(22)42-31(19)20/h8-11,14-15H,3-7,12-13H2,1-2H3. The molecule has 214 valence electrons. The molecule has 0 fully saturated rings. The molecule has 3 heterocycles. The third kappa shape index (κ3) is 4.12. The van der Waals surface area contributed by atoms with E-state index in [1.54, 1.807) is 0 Å². The number of benzene rings is 4. The fraction of sp³-hybridized carbons (Fsp3) is 0.273. The quantitative estimate of drug-likeness (QED) is 0.0660. The zero-order chi connectivity index (χ0) is 29.4. The molecule has 42 heavy (non-hydrogen) atoms. The topological polar surface area (TPSA) is 59.5 Å². The average molecular weight is 640 g/mol. The van der Waals surface area contributed by atoms with Crippen LogP contribution in [0.3, 0.4) is 0 Å². The molecule has 7 rings (SSSR count). The average Bonchev–Trinajstić information content (AvgIpc) is 3.19. The minimum absolute atomic E-state index is 0.00679. The molecule has 4 aromatic carbocycles. The molecule has 0 unspecified atom stereocenters. The van der Waals surface area contributed by atoms with Gasteiger partial charge in [-0.3, -0.25) is 0 Å². The normalized spacial score (nSPS) is 14.9. The van der Waals surface area contributed by atoms with Gasteiger partial charge in [-0.2, -0.15) is 0 Å². The SMILES string of the molecule is C[N+](C)=c1ccc2c(ccc3c(-c4c(Cl)c(Cl)c(Cl)c(Cl)c4C(=O)[O-])c4cc5c6c(c4oc32)CCCN6CCCC5)c1. The van der Waals surface area contributed by atoms with Gasteiger partial charge >= 0.3 is 0 Å². The van der Waals surface area contributed by atoms with Gasteiger partial charge in [0.15, 0.2) is 5.36 Å². The Labute approximate surface area is 262 Å². The van der Waals surface area contributed by atoms with Crippen LogP contribution in [0, 0.1) is 0 Å². The van der Waals surface area contributed by atoms with E-state index < -0.39 is 5.97 Å². The predicted octanol–water partition coefficient (Wildman–Crippen LogP) is 7.50. The second-order valence-electron chi connectivity index (χ2n) is 11.3. The molecular formula is C33H26Cl4N2O3. The summed E-state index contributed by atoms with van der Waals surface area (Å²) in [6.45, 7) is 2.01. The van der Waals surface area contributed by atoms with Crippen LogP contribution in [0.25, 0.3) is 43.8 Å². The molecule has 2 aliphatic heterocycles. The summed E-state index contributed by atoms with van der Waals surface area (Å²) < 4.78 is 8.96. The number of hydrogen-bond donors (Lipinski definition) is 0. The third-order valence-corrected chi connectivity index (χ3v) is 10.5. The number of aryl methyl sites for hydroxylation is 2. The Morgan fingerprint density at radius 3 is 2.31 bits per heavy atom. The summed E-state index contributed by atoms with van der Waals surface area (Å²) in [4.78, 5) is 15.2. The van der Waals surface area contributed by atoms with Gasteiger partial charge in [0.2, 0.25) is 0 Å². The van der Waals surface area contributed by atoms with E-state index in [0.29, 0.717) is 16.5 Å². The Morgan fingerprint density at radius 2 is 1.55 bits per heavy atom. The monoisotopic (exact) mass is 638 g/mol. The molecule has 5 aromatic rings. The summed E-state index contributed by atoms with van der Waals surface area (Å²) in [5.74, 6) is -1.49. The van der Waals surface area contributed by atoms with Gasteiger partial charge in [0.05, 0.1) is 26.1 Å². The lowest BCUT2D eigenvalue weighted by molar-refractivity contribution is -0.254. The first-order valence-electron chi connectivity index (χ1n) is 14.0. The number of halogens is 4. The molecule has 0 radical (unpaired) electrons. The summed E-state index contributed by atoms with van der Waals surface area (Å²) in [6, 6.07) is 12.3. The minimum atomic E-state index is -1.49. The Hall–Kier alpha value is -2.96. The zero-order valence-electron chi connectivity index (χ0n) is 23.0. The van der Waals surface area contributed by atoms with E-state index in [4.69, 9.17) is 50.8 Å². The number of fused-ring (bicyclic) bond motifs is 5. The fourth-order valence-electron chi connectivity index (χ4n) is 6.74. The van der Waals surface area contributed by atoms with E-state index in [0.717, 1.165) is 77.9 Å². The van der Waals surface area contributed by atoms with E-state index >= 15 is 0 Å². The molecule has 0 saturated carbocycles. The van der Waals surface area contributed by atoms with Gasteiger partial charge < -0.3 is 19.2 Å². The molecule has 0 saturated heterocycles. The Bertz CT molecular complexity index is 2080. The van der Waals surface area contributed by atoms with Crippen molar-refractivity contribution in [2.45, 2.75) is 32.1 Å². The highest BCUT2D eigenvalue weighted by molar-refractivity contribution is 6.54. The van der Waals surface area contributed by atoms with Crippen LogP contribution in [0.2, 0.25) is 20.1 Å². The first-order valence-corrected chi connectivity index (χ1v) is 15.5. The number of anilines is 1. The lowest BCUT2D eigenvalue weighted by Gasteiger charge is -2.33. The van der Waals surface area contributed by atoms with Gasteiger partial charge in [0, 0.05) is 69.3 Å². The Kier molecular flexibility index (Phi) is 6.86. The minimum Gasteiger partial charge on any atom is -0.545 e. The summed E-state index contributed by atoms with van der Waals surface area (Å²) >= 11 is 26.4. The molecule has 0 atom stereocenters. The molecule has 0 N–H and O–H groups in total. The molecule has 0 amide bonds. The molecule has 0 aliphatic carbocycles. The zero-order valence-corrected chi connectivity index (χ0v) is 26.1. The first kappa shape index (κ1) is 27.8. The number of carboxylic acid groups (broad SMARTS) is 1. The van der Waals surface area contributed by atoms with Crippen LogP contribution >= 0.6 is 46.4 Å². The highest BCUT2D eigenvalue weighted by Gasteiger charge is 2.30. The fourth-order valence-corrected chi connectivity index (χ4v) is 7.76. The van der Waals surface area contributed by atoms with Crippen LogP contribution in [0.15, 0.2) is 40.8 Å². The van der Waals surface area contributed by atoms with Gasteiger partial charge in [-0.1, -0.05) is 52.5 Å². The molecular weight excluding hydrogens is 614 g/mol. The van der Waals surface area contributed by atoms with Crippen LogP contribution in [0.1, 0.15) is 40.7 Å². The van der Waals surface area contributed by atoms with Crippen molar-refractivity contribution in [1.29, 1.82) is 0 Å². The molecule has 0 bridgehead atoms. The van der Waals surface area contributed by atoms with E-state index in [1.807, 2.05) is 42.9 Å². The van der Waals surface area contributed by atoms with Crippen molar-refractivity contribution >= 4 is 90.8 Å². The van der Waals surface area contributed by atoms with Crippen LogP contribution in [-0.2, 0) is 12.8 Å². The maximum atomic E-state index is 12.7. The van der Waals surface area contributed by atoms with Crippen LogP contribution < -0.4 is 19.9 Å². The number of nitrogens with zero attached hydrogens (tertiary/aromatic N) is 2. The van der Waals surface area contributed by atoms with Crippen LogP contribution in [0.5, 0.6) is 0 Å². The van der Waals surface area contributed by atoms with Gasteiger partial charge in [-0.15, -0.1) is 0 Å². The third-order valence-electron chi connectivity index (χ3n) is 8.66. The van der Waals surface area contributed by atoms with Crippen LogP contribution in [-0.4, -0.2) is 33.2 Å². The number of rotatable bonds is 2. The van der Waals surface area contributed by atoms with Crippen LogP contribution in [0.4, 0.5) is 5.69 Å². The largest absolute Gasteiger partial charge is 0.545 e. The highest BCUT2D eigenvalue weighted by Crippen LogP contribution is 2.51. The van der Waals surface area contributed by atoms with Crippen molar-refractivity contribution in [3.8, 4) is 11.1 Å². The highest BCUT2D eigenvalue weighted by atomic mass is 35.5. The number of aromatic carboxylic acids is 1. The second kappa shape index (κ2) is 10.3.